The van der Waals surface area contributed by atoms with Gasteiger partial charge in [-0.2, -0.15) is 9.57 Å². The molecule has 9 heteroatoms. The minimum atomic E-state index is -3.60. The van der Waals surface area contributed by atoms with Crippen molar-refractivity contribution in [3.05, 3.63) is 59.9 Å². The Morgan fingerprint density at radius 1 is 1.07 bits per heavy atom. The summed E-state index contributed by atoms with van der Waals surface area (Å²) in [5.74, 6) is -0.565. The van der Waals surface area contributed by atoms with Crippen LogP contribution in [0, 0.1) is 17.1 Å². The number of rotatable bonds is 3. The minimum absolute atomic E-state index is 0.0219. The second-order valence-corrected chi connectivity index (χ2v) is 7.87. The molecule has 0 radical (unpaired) electrons. The molecule has 3 rings (SSSR count). The average Bonchev–Trinajstić information content (AvgIpc) is 2.70. The van der Waals surface area contributed by atoms with Gasteiger partial charge in [-0.3, -0.25) is 0 Å². The van der Waals surface area contributed by atoms with E-state index in [1.165, 1.54) is 27.4 Å². The molecule has 0 spiro atoms. The quantitative estimate of drug-likeness (QED) is 0.873. The predicted octanol–water partition coefficient (Wildman–Crippen LogP) is 2.24. The number of amides is 2. The summed E-state index contributed by atoms with van der Waals surface area (Å²) < 4.78 is 39.7. The van der Waals surface area contributed by atoms with Crippen molar-refractivity contribution in [2.45, 2.75) is 4.90 Å². The van der Waals surface area contributed by atoms with Crippen molar-refractivity contribution >= 4 is 21.7 Å². The van der Waals surface area contributed by atoms with E-state index >= 15 is 0 Å². The van der Waals surface area contributed by atoms with Gasteiger partial charge in [0.25, 0.3) is 0 Å². The van der Waals surface area contributed by atoms with Crippen LogP contribution in [0.25, 0.3) is 0 Å². The summed E-state index contributed by atoms with van der Waals surface area (Å²) in [4.78, 5) is 14.1. The lowest BCUT2D eigenvalue weighted by Gasteiger charge is -2.34. The van der Waals surface area contributed by atoms with Crippen molar-refractivity contribution in [3.8, 4) is 6.07 Å². The number of nitrogens with one attached hydrogen (secondary N) is 1. The molecule has 0 unspecified atom stereocenters. The van der Waals surface area contributed by atoms with Crippen molar-refractivity contribution in [3.63, 3.8) is 0 Å². The maximum atomic E-state index is 13.2. The van der Waals surface area contributed by atoms with Gasteiger partial charge in [0.2, 0.25) is 10.0 Å². The average molecular weight is 388 g/mol. The molecule has 0 aromatic heterocycles. The van der Waals surface area contributed by atoms with E-state index < -0.39 is 21.9 Å². The molecule has 2 aromatic rings. The zero-order valence-electron chi connectivity index (χ0n) is 14.3. The maximum absolute atomic E-state index is 13.2. The van der Waals surface area contributed by atoms with Crippen LogP contribution < -0.4 is 5.32 Å². The van der Waals surface area contributed by atoms with E-state index in [1.54, 1.807) is 18.2 Å². The van der Waals surface area contributed by atoms with E-state index in [4.69, 9.17) is 5.26 Å². The van der Waals surface area contributed by atoms with Crippen molar-refractivity contribution in [1.82, 2.24) is 9.21 Å². The van der Waals surface area contributed by atoms with E-state index in [2.05, 4.69) is 5.32 Å². The smallest absolute Gasteiger partial charge is 0.321 e. The fourth-order valence-electron chi connectivity index (χ4n) is 2.79. The number of benzene rings is 2. The van der Waals surface area contributed by atoms with Crippen LogP contribution >= 0.6 is 0 Å². The van der Waals surface area contributed by atoms with Gasteiger partial charge in [0.15, 0.2) is 0 Å². The van der Waals surface area contributed by atoms with Gasteiger partial charge < -0.3 is 10.2 Å². The third-order valence-corrected chi connectivity index (χ3v) is 6.16. The van der Waals surface area contributed by atoms with Crippen LogP contribution in [0.5, 0.6) is 0 Å². The molecule has 1 saturated heterocycles. The lowest BCUT2D eigenvalue weighted by Crippen LogP contribution is -2.51. The highest BCUT2D eigenvalue weighted by molar-refractivity contribution is 7.89. The predicted molar refractivity (Wildman–Crippen MR) is 96.9 cm³/mol. The summed E-state index contributed by atoms with van der Waals surface area (Å²) in [7, 11) is -3.60. The van der Waals surface area contributed by atoms with E-state index in [0.29, 0.717) is 0 Å². The molecule has 0 aliphatic carbocycles. The van der Waals surface area contributed by atoms with Gasteiger partial charge in [0.1, 0.15) is 11.9 Å². The lowest BCUT2D eigenvalue weighted by molar-refractivity contribution is 0.184. The first-order chi connectivity index (χ1) is 12.9. The standard InChI is InChI=1S/C18H17FN4O3S/c19-15-6-7-17(14(12-15)13-20)21-18(24)22-8-10-23(11-9-22)27(25,26)16-4-2-1-3-5-16/h1-7,12H,8-11H2,(H,21,24). The number of nitriles is 1. The Kier molecular flexibility index (Phi) is 5.39. The molecule has 0 saturated carbocycles. The highest BCUT2D eigenvalue weighted by Gasteiger charge is 2.30. The molecule has 27 heavy (non-hydrogen) atoms. The number of piperazine rings is 1. The number of nitrogens with zero attached hydrogens (tertiary/aromatic N) is 3. The minimum Gasteiger partial charge on any atom is -0.322 e. The van der Waals surface area contributed by atoms with Crippen LogP contribution in [0.2, 0.25) is 0 Å². The molecular weight excluding hydrogens is 371 g/mol. The third kappa shape index (κ3) is 4.07. The summed E-state index contributed by atoms with van der Waals surface area (Å²) in [5.41, 5.74) is 0.233. The number of carbonyl (C=O) groups is 1. The maximum Gasteiger partial charge on any atom is 0.321 e. The van der Waals surface area contributed by atoms with Gasteiger partial charge in [0.05, 0.1) is 16.1 Å². The number of carbonyl (C=O) groups excluding carboxylic acids is 1. The Balaban J connectivity index is 1.64. The SMILES string of the molecule is N#Cc1cc(F)ccc1NC(=O)N1CCN(S(=O)(=O)c2ccccc2)CC1. The number of anilines is 1. The Morgan fingerprint density at radius 3 is 2.37 bits per heavy atom. The molecule has 0 atom stereocenters. The van der Waals surface area contributed by atoms with Crippen LogP contribution in [0.4, 0.5) is 14.9 Å². The molecule has 1 fully saturated rings. The van der Waals surface area contributed by atoms with Crippen molar-refractivity contribution < 1.29 is 17.6 Å². The van der Waals surface area contributed by atoms with Gasteiger partial charge in [-0.05, 0) is 30.3 Å². The second kappa shape index (κ2) is 7.73. The fraction of sp³-hybridized carbons (Fsp3) is 0.222. The molecule has 140 valence electrons. The zero-order chi connectivity index (χ0) is 19.4. The molecule has 1 aliphatic rings. The number of urea groups is 1. The second-order valence-electron chi connectivity index (χ2n) is 5.94. The van der Waals surface area contributed by atoms with Crippen LogP contribution in [0.15, 0.2) is 53.4 Å². The largest absolute Gasteiger partial charge is 0.322 e. The summed E-state index contributed by atoms with van der Waals surface area (Å²) in [6.45, 7) is 0.750. The summed E-state index contributed by atoms with van der Waals surface area (Å²) in [6.07, 6.45) is 0. The van der Waals surface area contributed by atoms with Crippen LogP contribution in [0.3, 0.4) is 0 Å². The Labute approximate surface area is 156 Å². The first-order valence-electron chi connectivity index (χ1n) is 8.22. The first kappa shape index (κ1) is 18.8. The zero-order valence-corrected chi connectivity index (χ0v) is 15.1. The van der Waals surface area contributed by atoms with Crippen molar-refractivity contribution in [2.75, 3.05) is 31.5 Å². The monoisotopic (exact) mass is 388 g/mol. The van der Waals surface area contributed by atoms with Crippen LogP contribution in [-0.2, 0) is 10.0 Å². The highest BCUT2D eigenvalue weighted by atomic mass is 32.2. The number of halogens is 1. The first-order valence-corrected chi connectivity index (χ1v) is 9.66. The van der Waals surface area contributed by atoms with Crippen LogP contribution in [-0.4, -0.2) is 49.8 Å². The lowest BCUT2D eigenvalue weighted by atomic mass is 10.2. The van der Waals surface area contributed by atoms with Crippen LogP contribution in [0.1, 0.15) is 5.56 Å². The topological polar surface area (TPSA) is 93.5 Å². The highest BCUT2D eigenvalue weighted by Crippen LogP contribution is 2.19. The molecule has 2 amide bonds. The third-order valence-electron chi connectivity index (χ3n) is 4.25. The Bertz CT molecular complexity index is 981. The van der Waals surface area contributed by atoms with Gasteiger partial charge in [-0.1, -0.05) is 18.2 Å². The number of hydrogen-bond acceptors (Lipinski definition) is 4. The van der Waals surface area contributed by atoms with Gasteiger partial charge in [-0.15, -0.1) is 0 Å². The molecule has 1 aliphatic heterocycles. The number of sulfonamides is 1. The molecule has 7 nitrogen and oxygen atoms in total. The van der Waals surface area contributed by atoms with E-state index in [1.807, 2.05) is 6.07 Å². The normalized spacial score (nSPS) is 15.2. The molecule has 1 N–H and O–H groups in total. The van der Waals surface area contributed by atoms with Gasteiger partial charge in [0, 0.05) is 26.2 Å². The van der Waals surface area contributed by atoms with Gasteiger partial charge >= 0.3 is 6.03 Å². The molecule has 0 bridgehead atoms. The van der Waals surface area contributed by atoms with Crippen molar-refractivity contribution in [2.24, 2.45) is 0 Å². The van der Waals surface area contributed by atoms with E-state index in [-0.39, 0.29) is 42.3 Å². The Morgan fingerprint density at radius 2 is 1.74 bits per heavy atom. The molecule has 2 aromatic carbocycles. The fourth-order valence-corrected chi connectivity index (χ4v) is 4.23. The van der Waals surface area contributed by atoms with E-state index in [0.717, 1.165) is 12.1 Å². The number of hydrogen-bond donors (Lipinski definition) is 1. The summed E-state index contributed by atoms with van der Waals surface area (Å²) in [5, 5.41) is 11.6. The van der Waals surface area contributed by atoms with E-state index in [9.17, 15) is 17.6 Å². The summed E-state index contributed by atoms with van der Waals surface area (Å²) >= 11 is 0. The Hall–Kier alpha value is -2.96. The molecular formula is C18H17FN4O3S. The van der Waals surface area contributed by atoms with Gasteiger partial charge in [-0.25, -0.2) is 17.6 Å². The molecule has 1 heterocycles. The summed E-state index contributed by atoms with van der Waals surface area (Å²) in [6, 6.07) is 13.0. The van der Waals surface area contributed by atoms with Crippen molar-refractivity contribution in [1.29, 1.82) is 5.26 Å².